The number of hydrogen-bond donors (Lipinski definition) is 0. The lowest BCUT2D eigenvalue weighted by molar-refractivity contribution is -0.286. The van der Waals surface area contributed by atoms with E-state index in [0.29, 0.717) is 16.6 Å². The second-order valence-electron chi connectivity index (χ2n) is 5.08. The third-order valence-electron chi connectivity index (χ3n) is 3.01. The van der Waals surface area contributed by atoms with Gasteiger partial charge in [0.1, 0.15) is 5.76 Å². The molecule has 1 aromatic carbocycles. The van der Waals surface area contributed by atoms with Gasteiger partial charge in [0.2, 0.25) is 0 Å². The number of ether oxygens (including phenoxy) is 2. The molecule has 9 heteroatoms. The number of benzene rings is 1. The Bertz CT molecular complexity index is 842. The average Bonchev–Trinajstić information content (AvgIpc) is 2.95. The summed E-state index contributed by atoms with van der Waals surface area (Å²) in [6.45, 7) is 1.75. The average molecular weight is 341 g/mol. The second kappa shape index (κ2) is 5.34. The molecule has 0 bridgehead atoms. The van der Waals surface area contributed by atoms with Crippen molar-refractivity contribution in [2.45, 2.75) is 13.2 Å². The predicted molar refractivity (Wildman–Crippen MR) is 80.8 cm³/mol. The van der Waals surface area contributed by atoms with E-state index in [4.69, 9.17) is 16.6 Å². The maximum Gasteiger partial charge on any atom is 0.586 e. The molecule has 0 aliphatic carbocycles. The Hall–Kier alpha value is -2.42. The van der Waals surface area contributed by atoms with Gasteiger partial charge in [-0.3, -0.25) is 4.57 Å². The van der Waals surface area contributed by atoms with Gasteiger partial charge in [-0.15, -0.1) is 8.78 Å². The van der Waals surface area contributed by atoms with Gasteiger partial charge in [-0.05, 0) is 31.3 Å². The van der Waals surface area contributed by atoms with E-state index in [1.165, 1.54) is 12.1 Å². The quantitative estimate of drug-likeness (QED) is 0.746. The molecule has 122 valence electrons. The highest BCUT2D eigenvalue weighted by Crippen LogP contribution is 2.41. The van der Waals surface area contributed by atoms with E-state index < -0.39 is 6.29 Å². The Morgan fingerprint density at radius 3 is 2.65 bits per heavy atom. The Morgan fingerprint density at radius 2 is 1.96 bits per heavy atom. The van der Waals surface area contributed by atoms with Crippen LogP contribution in [0, 0.1) is 6.92 Å². The smallest absolute Gasteiger partial charge is 0.428 e. The summed E-state index contributed by atoms with van der Waals surface area (Å²) in [7, 11) is 3.52. The minimum absolute atomic E-state index is 0.0260. The lowest BCUT2D eigenvalue weighted by Gasteiger charge is -2.08. The van der Waals surface area contributed by atoms with Gasteiger partial charge in [-0.1, -0.05) is 0 Å². The van der Waals surface area contributed by atoms with E-state index >= 15 is 0 Å². The molecule has 0 unspecified atom stereocenters. The highest BCUT2D eigenvalue weighted by atomic mass is 32.1. The van der Waals surface area contributed by atoms with Crippen LogP contribution in [0.1, 0.15) is 5.76 Å². The summed E-state index contributed by atoms with van der Waals surface area (Å²) in [5, 5.41) is 0.320. The van der Waals surface area contributed by atoms with Crippen LogP contribution in [0.15, 0.2) is 33.8 Å². The van der Waals surface area contributed by atoms with Crippen molar-refractivity contribution in [2.75, 3.05) is 14.1 Å². The van der Waals surface area contributed by atoms with Gasteiger partial charge >= 0.3 is 12.0 Å². The predicted octanol–water partition coefficient (Wildman–Crippen LogP) is 2.45. The molecule has 0 saturated carbocycles. The van der Waals surface area contributed by atoms with E-state index in [1.54, 1.807) is 42.7 Å². The zero-order valence-corrected chi connectivity index (χ0v) is 13.4. The number of alkyl halides is 2. The van der Waals surface area contributed by atoms with Crippen LogP contribution in [-0.4, -0.2) is 35.0 Å². The van der Waals surface area contributed by atoms with E-state index in [2.05, 4.69) is 14.5 Å². The molecule has 0 spiro atoms. The molecule has 0 radical (unpaired) electrons. The normalized spacial score (nSPS) is 15.8. The Labute approximate surface area is 135 Å². The fourth-order valence-corrected chi connectivity index (χ4v) is 2.07. The Kier molecular flexibility index (Phi) is 3.59. The van der Waals surface area contributed by atoms with Crippen molar-refractivity contribution in [1.82, 2.24) is 9.47 Å². The number of oxazole rings is 1. The summed E-state index contributed by atoms with van der Waals surface area (Å²) in [6, 6.07) is 4.41. The summed E-state index contributed by atoms with van der Waals surface area (Å²) >= 11 is 5.13. The minimum Gasteiger partial charge on any atom is -0.428 e. The monoisotopic (exact) mass is 341 g/mol. The zero-order valence-electron chi connectivity index (χ0n) is 12.5. The molecule has 6 nitrogen and oxygen atoms in total. The van der Waals surface area contributed by atoms with Crippen molar-refractivity contribution in [3.05, 3.63) is 35.8 Å². The molecule has 1 aliphatic rings. The molecule has 0 atom stereocenters. The molecule has 1 aromatic heterocycles. The van der Waals surface area contributed by atoms with Gasteiger partial charge in [0.25, 0.3) is 0 Å². The topological polar surface area (TPSA) is 52.1 Å². The summed E-state index contributed by atoms with van der Waals surface area (Å²) in [5.74, 6) is 0.509. The molecular weight excluding hydrogens is 328 g/mol. The molecule has 2 aromatic rings. The maximum atomic E-state index is 13.1. The highest BCUT2D eigenvalue weighted by molar-refractivity contribution is 7.80. The first-order chi connectivity index (χ1) is 10.7. The van der Waals surface area contributed by atoms with Crippen molar-refractivity contribution in [2.24, 2.45) is 4.99 Å². The molecular formula is C14H13F2N3O3S. The third kappa shape index (κ3) is 3.04. The number of fused-ring (bicyclic) bond motifs is 1. The summed E-state index contributed by atoms with van der Waals surface area (Å²) in [6.07, 6.45) is -1.98. The number of aromatic nitrogens is 1. The Balaban J connectivity index is 2.06. The van der Waals surface area contributed by atoms with Crippen LogP contribution in [0.5, 0.6) is 11.5 Å². The molecule has 23 heavy (non-hydrogen) atoms. The Morgan fingerprint density at radius 1 is 1.26 bits per heavy atom. The number of hydrogen-bond acceptors (Lipinski definition) is 4. The van der Waals surface area contributed by atoms with E-state index in [9.17, 15) is 8.78 Å². The van der Waals surface area contributed by atoms with Crippen LogP contribution in [0.3, 0.4) is 0 Å². The van der Waals surface area contributed by atoms with Gasteiger partial charge < -0.3 is 18.8 Å². The van der Waals surface area contributed by atoms with E-state index in [0.717, 1.165) is 0 Å². The third-order valence-corrected chi connectivity index (χ3v) is 3.46. The van der Waals surface area contributed by atoms with Crippen LogP contribution in [-0.2, 0) is 0 Å². The van der Waals surface area contributed by atoms with Crippen LogP contribution in [0.25, 0.3) is 5.69 Å². The highest BCUT2D eigenvalue weighted by Gasteiger charge is 2.43. The first-order valence-electron chi connectivity index (χ1n) is 6.60. The summed E-state index contributed by atoms with van der Waals surface area (Å²) < 4.78 is 42.1. The van der Waals surface area contributed by atoms with Gasteiger partial charge in [0, 0.05) is 20.2 Å². The summed E-state index contributed by atoms with van der Waals surface area (Å²) in [4.78, 5) is 5.86. The number of rotatable bonds is 1. The van der Waals surface area contributed by atoms with Crippen LogP contribution < -0.4 is 15.2 Å². The molecule has 0 amide bonds. The molecule has 0 N–H and O–H groups in total. The van der Waals surface area contributed by atoms with Crippen molar-refractivity contribution >= 4 is 17.3 Å². The first-order valence-corrected chi connectivity index (χ1v) is 7.01. The van der Waals surface area contributed by atoms with Gasteiger partial charge in [0.15, 0.2) is 16.6 Å². The fraction of sp³-hybridized carbons (Fsp3) is 0.286. The van der Waals surface area contributed by atoms with E-state index in [-0.39, 0.29) is 17.2 Å². The first kappa shape index (κ1) is 15.5. The maximum absolute atomic E-state index is 13.1. The summed E-state index contributed by atoms with van der Waals surface area (Å²) in [5.41, 5.74) is 0.758. The zero-order chi connectivity index (χ0) is 16.8. The molecule has 3 rings (SSSR count). The number of halogens is 2. The number of nitrogens with zero attached hydrogens (tertiary/aromatic N) is 3. The van der Waals surface area contributed by atoms with Crippen molar-refractivity contribution in [3.8, 4) is 17.2 Å². The fourth-order valence-electron chi connectivity index (χ4n) is 1.99. The van der Waals surface area contributed by atoms with Gasteiger partial charge in [-0.25, -0.2) is 0 Å². The molecule has 0 saturated heterocycles. The van der Waals surface area contributed by atoms with Crippen molar-refractivity contribution < 1.29 is 22.7 Å². The van der Waals surface area contributed by atoms with Crippen molar-refractivity contribution in [3.63, 3.8) is 0 Å². The largest absolute Gasteiger partial charge is 0.586 e. The molecule has 0 fully saturated rings. The molecule has 1 aliphatic heterocycles. The van der Waals surface area contributed by atoms with Gasteiger partial charge in [-0.2, -0.15) is 4.99 Å². The standard InChI is InChI=1S/C14H13F2N3O3S/c1-8-7-19(12(20-8)17-13(23)18(2)3)9-4-5-10-11(6-9)22-14(15,16)21-10/h4-7H,1-3H3. The minimum atomic E-state index is -3.66. The van der Waals surface area contributed by atoms with Crippen LogP contribution in [0.2, 0.25) is 0 Å². The molecule has 2 heterocycles. The van der Waals surface area contributed by atoms with Gasteiger partial charge in [0.05, 0.1) is 11.9 Å². The number of thiocarbonyl (C=S) groups is 1. The van der Waals surface area contributed by atoms with Crippen LogP contribution >= 0.6 is 12.2 Å². The van der Waals surface area contributed by atoms with Crippen molar-refractivity contribution in [1.29, 1.82) is 0 Å². The number of aryl methyl sites for hydroxylation is 1. The van der Waals surface area contributed by atoms with Crippen LogP contribution in [0.4, 0.5) is 8.78 Å². The second-order valence-corrected chi connectivity index (χ2v) is 5.45. The lowest BCUT2D eigenvalue weighted by atomic mass is 10.3. The SMILES string of the molecule is Cc1cn(-c2ccc3c(c2)OC(F)(F)O3)c(=NC(=S)N(C)C)o1. The van der Waals surface area contributed by atoms with E-state index in [1.807, 2.05) is 0 Å². The lowest BCUT2D eigenvalue weighted by Crippen LogP contribution is -2.26.